The molecule has 2 heterocycles. The summed E-state index contributed by atoms with van der Waals surface area (Å²) in [4.78, 5) is 15.1. The number of aryl methyl sites for hydroxylation is 1. The van der Waals surface area contributed by atoms with Crippen molar-refractivity contribution in [2.75, 3.05) is 25.4 Å². The molecule has 0 spiro atoms. The molecule has 4 rings (SSSR count). The Bertz CT molecular complexity index is 1030. The number of likely N-dealkylation sites (tertiary alicyclic amines) is 1. The van der Waals surface area contributed by atoms with E-state index in [0.717, 1.165) is 34.9 Å². The van der Waals surface area contributed by atoms with Gasteiger partial charge >= 0.3 is 0 Å². The van der Waals surface area contributed by atoms with Gasteiger partial charge < -0.3 is 5.32 Å². The third-order valence-corrected chi connectivity index (χ3v) is 6.85. The Hall–Kier alpha value is -2.35. The summed E-state index contributed by atoms with van der Waals surface area (Å²) in [7, 11) is 0. The van der Waals surface area contributed by atoms with Crippen LogP contribution in [-0.2, 0) is 4.79 Å². The van der Waals surface area contributed by atoms with Crippen molar-refractivity contribution in [2.45, 2.75) is 31.0 Å². The number of carbonyl (C=O) groups is 1. The predicted molar refractivity (Wildman–Crippen MR) is 125 cm³/mol. The molecule has 2 aromatic carbocycles. The van der Waals surface area contributed by atoms with Gasteiger partial charge in [0.25, 0.3) is 0 Å². The highest BCUT2D eigenvalue weighted by atomic mass is 35.5. The maximum Gasteiger partial charge on any atom is 0.230 e. The van der Waals surface area contributed by atoms with E-state index in [1.54, 1.807) is 6.33 Å². The number of aromatic nitrogens is 3. The van der Waals surface area contributed by atoms with Crippen molar-refractivity contribution in [3.8, 4) is 5.69 Å². The first-order valence-electron chi connectivity index (χ1n) is 10.5. The van der Waals surface area contributed by atoms with E-state index >= 15 is 0 Å². The summed E-state index contributed by atoms with van der Waals surface area (Å²) in [6.07, 6.45) is 4.04. The number of rotatable bonds is 8. The van der Waals surface area contributed by atoms with Gasteiger partial charge in [-0.25, -0.2) is 0 Å². The number of para-hydroxylation sites is 1. The number of carbonyl (C=O) groups excluding carboxylic acids is 1. The van der Waals surface area contributed by atoms with Crippen LogP contribution in [0.5, 0.6) is 0 Å². The molecule has 0 bridgehead atoms. The Kier molecular flexibility index (Phi) is 7.27. The normalized spacial score (nSPS) is 15.2. The maximum atomic E-state index is 12.6. The molecule has 6 nitrogen and oxygen atoms in total. The molecule has 1 N–H and O–H groups in total. The SMILES string of the molecule is Cc1ccccc1-n1cnnc1SCC(=O)NCC(c1ccccc1Cl)N1CCCC1. The molecule has 1 fully saturated rings. The van der Waals surface area contributed by atoms with Gasteiger partial charge in [-0.2, -0.15) is 0 Å². The van der Waals surface area contributed by atoms with Crippen molar-refractivity contribution in [3.63, 3.8) is 0 Å². The van der Waals surface area contributed by atoms with Gasteiger partial charge in [0.15, 0.2) is 5.16 Å². The molecular weight excluding hydrogens is 430 g/mol. The minimum atomic E-state index is -0.0272. The minimum absolute atomic E-state index is 0.0272. The van der Waals surface area contributed by atoms with Crippen molar-refractivity contribution in [1.29, 1.82) is 0 Å². The molecule has 0 saturated carbocycles. The van der Waals surface area contributed by atoms with Crippen LogP contribution >= 0.6 is 23.4 Å². The zero-order chi connectivity index (χ0) is 21.6. The molecule has 1 atom stereocenters. The topological polar surface area (TPSA) is 63.1 Å². The van der Waals surface area contributed by atoms with E-state index in [9.17, 15) is 4.79 Å². The Balaban J connectivity index is 1.38. The zero-order valence-corrected chi connectivity index (χ0v) is 19.1. The van der Waals surface area contributed by atoms with Crippen molar-refractivity contribution in [2.24, 2.45) is 0 Å². The van der Waals surface area contributed by atoms with Gasteiger partial charge in [0, 0.05) is 11.6 Å². The summed E-state index contributed by atoms with van der Waals surface area (Å²) in [5.41, 5.74) is 3.21. The molecule has 1 saturated heterocycles. The minimum Gasteiger partial charge on any atom is -0.353 e. The lowest BCUT2D eigenvalue weighted by molar-refractivity contribution is -0.118. The number of hydrogen-bond acceptors (Lipinski definition) is 5. The van der Waals surface area contributed by atoms with E-state index in [2.05, 4.69) is 26.5 Å². The smallest absolute Gasteiger partial charge is 0.230 e. The van der Waals surface area contributed by atoms with Gasteiger partial charge in [0.1, 0.15) is 6.33 Å². The molecule has 1 aromatic heterocycles. The number of thioether (sulfide) groups is 1. The monoisotopic (exact) mass is 455 g/mol. The lowest BCUT2D eigenvalue weighted by Crippen LogP contribution is -2.37. The van der Waals surface area contributed by atoms with Crippen molar-refractivity contribution in [3.05, 3.63) is 71.0 Å². The second-order valence-electron chi connectivity index (χ2n) is 7.64. The summed E-state index contributed by atoms with van der Waals surface area (Å²) >= 11 is 7.85. The summed E-state index contributed by atoms with van der Waals surface area (Å²) < 4.78 is 1.92. The first kappa shape index (κ1) is 21.9. The molecule has 1 unspecified atom stereocenters. The number of amides is 1. The van der Waals surface area contributed by atoms with Crippen LogP contribution in [-0.4, -0.2) is 51.0 Å². The summed E-state index contributed by atoms with van der Waals surface area (Å²) in [5, 5.41) is 12.8. The standard InChI is InChI=1S/C23H26ClN5OS/c1-17-8-2-5-11-20(17)29-16-26-27-23(29)31-15-22(30)25-14-21(28-12-6-7-13-28)18-9-3-4-10-19(18)24/h2-5,8-11,16,21H,6-7,12-15H2,1H3,(H,25,30). The van der Waals surface area contributed by atoms with E-state index in [1.807, 2.05) is 54.0 Å². The van der Waals surface area contributed by atoms with Crippen LogP contribution in [0.3, 0.4) is 0 Å². The second-order valence-corrected chi connectivity index (χ2v) is 8.99. The van der Waals surface area contributed by atoms with Crippen LogP contribution < -0.4 is 5.32 Å². The number of halogens is 1. The number of nitrogens with zero attached hydrogens (tertiary/aromatic N) is 4. The molecule has 3 aromatic rings. The number of nitrogens with one attached hydrogen (secondary N) is 1. The van der Waals surface area contributed by atoms with E-state index < -0.39 is 0 Å². The van der Waals surface area contributed by atoms with Gasteiger partial charge in [0.2, 0.25) is 5.91 Å². The summed E-state index contributed by atoms with van der Waals surface area (Å²) in [5.74, 6) is 0.250. The highest BCUT2D eigenvalue weighted by Crippen LogP contribution is 2.30. The van der Waals surface area contributed by atoms with Crippen LogP contribution in [0.15, 0.2) is 60.0 Å². The Labute approximate surface area is 192 Å². The first-order valence-corrected chi connectivity index (χ1v) is 11.8. The van der Waals surface area contributed by atoms with Crippen LogP contribution in [0.25, 0.3) is 5.69 Å². The van der Waals surface area contributed by atoms with E-state index in [0.29, 0.717) is 11.7 Å². The predicted octanol–water partition coefficient (Wildman–Crippen LogP) is 4.27. The van der Waals surface area contributed by atoms with Gasteiger partial charge in [-0.05, 0) is 56.1 Å². The first-order chi connectivity index (χ1) is 15.1. The van der Waals surface area contributed by atoms with Crippen molar-refractivity contribution in [1.82, 2.24) is 25.0 Å². The quantitative estimate of drug-likeness (QED) is 0.514. The molecule has 31 heavy (non-hydrogen) atoms. The Morgan fingerprint density at radius 1 is 1.16 bits per heavy atom. The summed E-state index contributed by atoms with van der Waals surface area (Å²) in [6, 6.07) is 16.0. The van der Waals surface area contributed by atoms with Gasteiger partial charge in [-0.3, -0.25) is 14.3 Å². The van der Waals surface area contributed by atoms with Gasteiger partial charge in [0.05, 0.1) is 17.5 Å². The Morgan fingerprint density at radius 2 is 1.90 bits per heavy atom. The third kappa shape index (κ3) is 5.29. The highest BCUT2D eigenvalue weighted by molar-refractivity contribution is 7.99. The number of benzene rings is 2. The maximum absolute atomic E-state index is 12.6. The van der Waals surface area contributed by atoms with Crippen molar-refractivity contribution < 1.29 is 4.79 Å². The molecule has 0 radical (unpaired) electrons. The molecule has 8 heteroatoms. The van der Waals surface area contributed by atoms with E-state index in [-0.39, 0.29) is 17.7 Å². The molecular formula is C23H26ClN5OS. The van der Waals surface area contributed by atoms with E-state index in [1.165, 1.54) is 24.6 Å². The molecule has 0 aliphatic carbocycles. The molecule has 1 amide bonds. The van der Waals surface area contributed by atoms with Crippen LogP contribution in [0.1, 0.15) is 30.0 Å². The van der Waals surface area contributed by atoms with Crippen LogP contribution in [0, 0.1) is 6.92 Å². The largest absolute Gasteiger partial charge is 0.353 e. The fraction of sp³-hybridized carbons (Fsp3) is 0.348. The second kappa shape index (κ2) is 10.3. The van der Waals surface area contributed by atoms with Gasteiger partial charge in [-0.15, -0.1) is 10.2 Å². The summed E-state index contributed by atoms with van der Waals surface area (Å²) in [6.45, 7) is 4.64. The molecule has 162 valence electrons. The van der Waals surface area contributed by atoms with Gasteiger partial charge in [-0.1, -0.05) is 59.8 Å². The average Bonchev–Trinajstić information content (AvgIpc) is 3.46. The average molecular weight is 456 g/mol. The third-order valence-electron chi connectivity index (χ3n) is 5.56. The fourth-order valence-corrected chi connectivity index (χ4v) is 4.96. The molecule has 1 aliphatic heterocycles. The van der Waals surface area contributed by atoms with Crippen molar-refractivity contribution >= 4 is 29.3 Å². The lowest BCUT2D eigenvalue weighted by Gasteiger charge is -2.29. The van der Waals surface area contributed by atoms with Crippen LogP contribution in [0.4, 0.5) is 0 Å². The van der Waals surface area contributed by atoms with E-state index in [4.69, 9.17) is 11.6 Å². The highest BCUT2D eigenvalue weighted by Gasteiger charge is 2.25. The lowest BCUT2D eigenvalue weighted by atomic mass is 10.1. The Morgan fingerprint density at radius 3 is 2.68 bits per heavy atom. The number of hydrogen-bond donors (Lipinski definition) is 1. The molecule has 1 aliphatic rings. The fourth-order valence-electron chi connectivity index (χ4n) is 3.95. The zero-order valence-electron chi connectivity index (χ0n) is 17.5. The van der Waals surface area contributed by atoms with Crippen LogP contribution in [0.2, 0.25) is 5.02 Å².